The molecule has 0 fully saturated rings. The first kappa shape index (κ1) is 20.3. The summed E-state index contributed by atoms with van der Waals surface area (Å²) in [4.78, 5) is 8.76. The molecule has 3 aromatic rings. The van der Waals surface area contributed by atoms with Crippen LogP contribution in [0.5, 0.6) is 0 Å². The molecule has 0 amide bonds. The number of rotatable bonds is 7. The molecule has 0 aliphatic rings. The summed E-state index contributed by atoms with van der Waals surface area (Å²) in [6.45, 7) is 0.107. The number of sulfonamides is 2. The zero-order chi connectivity index (χ0) is 20.4. The Balaban J connectivity index is 2.05. The van der Waals surface area contributed by atoms with Gasteiger partial charge < -0.3 is 0 Å². The third-order valence-electron chi connectivity index (χ3n) is 4.04. The van der Waals surface area contributed by atoms with E-state index in [-0.39, 0.29) is 12.3 Å². The van der Waals surface area contributed by atoms with Crippen LogP contribution in [0.25, 0.3) is 10.9 Å². The molecule has 0 radical (unpaired) electrons. The van der Waals surface area contributed by atoms with Gasteiger partial charge in [-0.15, -0.1) is 0 Å². The lowest BCUT2D eigenvalue weighted by Crippen LogP contribution is -2.22. The second-order valence-corrected chi connectivity index (χ2v) is 10.0. The molecule has 0 unspecified atom stereocenters. The highest BCUT2D eigenvalue weighted by Gasteiger charge is 2.12. The van der Waals surface area contributed by atoms with Crippen LogP contribution in [-0.4, -0.2) is 33.1 Å². The lowest BCUT2D eigenvalue weighted by molar-refractivity contribution is 0.587. The average Bonchev–Trinajstić information content (AvgIpc) is 2.59. The summed E-state index contributed by atoms with van der Waals surface area (Å²) in [6.07, 6.45) is 4.95. The molecule has 1 aromatic carbocycles. The van der Waals surface area contributed by atoms with E-state index < -0.39 is 20.0 Å². The van der Waals surface area contributed by atoms with E-state index in [2.05, 4.69) is 14.7 Å². The van der Waals surface area contributed by atoms with Gasteiger partial charge in [-0.25, -0.2) is 26.7 Å². The largest absolute Gasteiger partial charge is 0.264 e. The summed E-state index contributed by atoms with van der Waals surface area (Å²) >= 11 is 0. The molecule has 2 aromatic heterocycles. The number of hydrogen-bond acceptors (Lipinski definition) is 6. The zero-order valence-corrected chi connectivity index (χ0v) is 16.8. The van der Waals surface area contributed by atoms with Gasteiger partial charge in [0, 0.05) is 30.7 Å². The quantitative estimate of drug-likeness (QED) is 0.587. The zero-order valence-electron chi connectivity index (χ0n) is 15.2. The van der Waals surface area contributed by atoms with Crippen molar-refractivity contribution >= 4 is 30.9 Å². The molecular formula is C18H20N4O4S2. The lowest BCUT2D eigenvalue weighted by atomic mass is 10.0. The Morgan fingerprint density at radius 1 is 1.07 bits per heavy atom. The fourth-order valence-corrected chi connectivity index (χ4v) is 3.89. The number of benzene rings is 1. The number of nitrogens with two attached hydrogens (primary N) is 1. The van der Waals surface area contributed by atoms with Crippen LogP contribution < -0.4 is 9.86 Å². The van der Waals surface area contributed by atoms with Crippen LogP contribution >= 0.6 is 0 Å². The first-order valence-electron chi connectivity index (χ1n) is 8.34. The standard InChI is InChI=1S/C18H20N4O4S2/c1-27(23,24)21-11-16-9-15-5-4-14(12-28(19,25)26)8-17(15)22-18(16)7-13-3-2-6-20-10-13/h2-6,8-10,21H,7,11-12H2,1H3,(H2,19,25,26). The van der Waals surface area contributed by atoms with E-state index in [1.54, 1.807) is 30.6 Å². The maximum absolute atomic E-state index is 11.5. The van der Waals surface area contributed by atoms with Gasteiger partial charge in [0.1, 0.15) is 0 Å². The first-order chi connectivity index (χ1) is 13.1. The van der Waals surface area contributed by atoms with E-state index >= 15 is 0 Å². The number of pyridine rings is 2. The maximum Gasteiger partial charge on any atom is 0.213 e. The third-order valence-corrected chi connectivity index (χ3v) is 5.44. The molecule has 3 N–H and O–H groups in total. The fourth-order valence-electron chi connectivity index (χ4n) is 2.83. The fraction of sp³-hybridized carbons (Fsp3) is 0.222. The normalized spacial score (nSPS) is 12.4. The summed E-state index contributed by atoms with van der Waals surface area (Å²) in [7, 11) is -7.01. The van der Waals surface area contributed by atoms with Gasteiger partial charge in [0.25, 0.3) is 0 Å². The van der Waals surface area contributed by atoms with Gasteiger partial charge >= 0.3 is 0 Å². The Morgan fingerprint density at radius 3 is 2.50 bits per heavy atom. The van der Waals surface area contributed by atoms with Crippen LogP contribution in [0.4, 0.5) is 0 Å². The second kappa shape index (κ2) is 7.92. The van der Waals surface area contributed by atoms with Crippen molar-refractivity contribution in [3.05, 3.63) is 71.2 Å². The van der Waals surface area contributed by atoms with Gasteiger partial charge in [0.2, 0.25) is 20.0 Å². The van der Waals surface area contributed by atoms with Crippen LogP contribution in [-0.2, 0) is 38.8 Å². The minimum atomic E-state index is -3.65. The van der Waals surface area contributed by atoms with Gasteiger partial charge in [0.05, 0.1) is 23.2 Å². The summed E-state index contributed by atoms with van der Waals surface area (Å²) in [5.41, 5.74) is 3.50. The Labute approximate surface area is 163 Å². The van der Waals surface area contributed by atoms with E-state index in [4.69, 9.17) is 5.14 Å². The summed E-state index contributed by atoms with van der Waals surface area (Å²) in [5.74, 6) is -0.278. The highest BCUT2D eigenvalue weighted by molar-refractivity contribution is 7.88. The maximum atomic E-state index is 11.5. The van der Waals surface area contributed by atoms with Gasteiger partial charge in [0.15, 0.2) is 0 Å². The monoisotopic (exact) mass is 420 g/mol. The molecule has 2 heterocycles. The highest BCUT2D eigenvalue weighted by Crippen LogP contribution is 2.21. The van der Waals surface area contributed by atoms with Crippen LogP contribution in [0.1, 0.15) is 22.4 Å². The van der Waals surface area contributed by atoms with Crippen molar-refractivity contribution in [2.24, 2.45) is 5.14 Å². The molecular weight excluding hydrogens is 400 g/mol. The van der Waals surface area contributed by atoms with Crippen molar-refractivity contribution in [3.8, 4) is 0 Å². The van der Waals surface area contributed by atoms with Crippen molar-refractivity contribution < 1.29 is 16.8 Å². The Kier molecular flexibility index (Phi) is 5.75. The molecule has 0 saturated heterocycles. The molecule has 0 aliphatic carbocycles. The number of nitrogens with zero attached hydrogens (tertiary/aromatic N) is 2. The predicted octanol–water partition coefficient (Wildman–Crippen LogP) is 1.06. The molecule has 148 valence electrons. The Morgan fingerprint density at radius 2 is 1.86 bits per heavy atom. The van der Waals surface area contributed by atoms with Crippen molar-refractivity contribution in [1.29, 1.82) is 0 Å². The molecule has 3 rings (SSSR count). The molecule has 0 spiro atoms. The van der Waals surface area contributed by atoms with Crippen LogP contribution in [0, 0.1) is 0 Å². The molecule has 10 heteroatoms. The van der Waals surface area contributed by atoms with Gasteiger partial charge in [-0.05, 0) is 34.9 Å². The smallest absolute Gasteiger partial charge is 0.213 e. The minimum absolute atomic E-state index is 0.107. The number of hydrogen-bond donors (Lipinski definition) is 2. The van der Waals surface area contributed by atoms with Crippen molar-refractivity contribution in [3.63, 3.8) is 0 Å². The molecule has 0 bridgehead atoms. The number of aromatic nitrogens is 2. The van der Waals surface area contributed by atoms with Gasteiger partial charge in [-0.3, -0.25) is 9.97 Å². The molecule has 28 heavy (non-hydrogen) atoms. The molecule has 0 aliphatic heterocycles. The van der Waals surface area contributed by atoms with Crippen LogP contribution in [0.2, 0.25) is 0 Å². The van der Waals surface area contributed by atoms with Gasteiger partial charge in [-0.2, -0.15) is 0 Å². The number of fused-ring (bicyclic) bond motifs is 1. The summed E-state index contributed by atoms with van der Waals surface area (Å²) < 4.78 is 48.2. The third kappa shape index (κ3) is 5.80. The van der Waals surface area contributed by atoms with Crippen molar-refractivity contribution in [2.75, 3.05) is 6.26 Å². The Bertz CT molecular complexity index is 1210. The van der Waals surface area contributed by atoms with E-state index in [0.717, 1.165) is 22.8 Å². The van der Waals surface area contributed by atoms with E-state index in [0.29, 0.717) is 23.2 Å². The highest BCUT2D eigenvalue weighted by atomic mass is 32.2. The van der Waals surface area contributed by atoms with E-state index in [9.17, 15) is 16.8 Å². The predicted molar refractivity (Wildman–Crippen MR) is 107 cm³/mol. The SMILES string of the molecule is CS(=O)(=O)NCc1cc2ccc(CS(N)(=O)=O)cc2nc1Cc1cccnc1. The lowest BCUT2D eigenvalue weighted by Gasteiger charge is -2.12. The molecule has 0 atom stereocenters. The number of nitrogens with one attached hydrogen (secondary N) is 1. The van der Waals surface area contributed by atoms with E-state index in [1.165, 1.54) is 0 Å². The topological polar surface area (TPSA) is 132 Å². The molecule has 0 saturated carbocycles. The van der Waals surface area contributed by atoms with Crippen molar-refractivity contribution in [2.45, 2.75) is 18.7 Å². The average molecular weight is 421 g/mol. The second-order valence-electron chi connectivity index (χ2n) is 6.56. The van der Waals surface area contributed by atoms with E-state index in [1.807, 2.05) is 18.2 Å². The Hall–Kier alpha value is -2.40. The van der Waals surface area contributed by atoms with Crippen molar-refractivity contribution in [1.82, 2.24) is 14.7 Å². The van der Waals surface area contributed by atoms with Gasteiger partial charge in [-0.1, -0.05) is 18.2 Å². The number of primary sulfonamides is 1. The summed E-state index contributed by atoms with van der Waals surface area (Å²) in [6, 6.07) is 10.7. The minimum Gasteiger partial charge on any atom is -0.264 e. The molecule has 8 nitrogen and oxygen atoms in total. The first-order valence-corrected chi connectivity index (χ1v) is 12.0. The summed E-state index contributed by atoms with van der Waals surface area (Å²) in [5, 5.41) is 5.90. The van der Waals surface area contributed by atoms with Crippen LogP contribution in [0.3, 0.4) is 0 Å². The van der Waals surface area contributed by atoms with Crippen LogP contribution in [0.15, 0.2) is 48.8 Å².